The molecule has 1 heterocycles. The maximum atomic E-state index is 13.5. The van der Waals surface area contributed by atoms with Crippen LogP contribution in [0, 0.1) is 19.7 Å². The van der Waals surface area contributed by atoms with Crippen LogP contribution in [0.25, 0.3) is 16.8 Å². The summed E-state index contributed by atoms with van der Waals surface area (Å²) in [7, 11) is 0. The molecule has 3 nitrogen and oxygen atoms in total. The van der Waals surface area contributed by atoms with Crippen LogP contribution in [0.4, 0.5) is 23.2 Å². The van der Waals surface area contributed by atoms with E-state index in [0.29, 0.717) is 22.6 Å². The fraction of sp³-hybridized carbons (Fsp3) is 0.115. The van der Waals surface area contributed by atoms with Gasteiger partial charge in [0.25, 0.3) is 5.91 Å². The van der Waals surface area contributed by atoms with Crippen molar-refractivity contribution in [3.8, 4) is 16.8 Å². The molecule has 0 aliphatic carbocycles. The van der Waals surface area contributed by atoms with Crippen LogP contribution < -0.4 is 5.32 Å². The lowest BCUT2D eigenvalue weighted by Gasteiger charge is -2.16. The number of para-hydroxylation sites is 1. The van der Waals surface area contributed by atoms with Gasteiger partial charge in [0.2, 0.25) is 0 Å². The van der Waals surface area contributed by atoms with Crippen LogP contribution in [-0.2, 0) is 6.18 Å². The van der Waals surface area contributed by atoms with Crippen molar-refractivity contribution in [2.45, 2.75) is 20.0 Å². The van der Waals surface area contributed by atoms with Gasteiger partial charge in [-0.05, 0) is 67.4 Å². The number of halogens is 4. The number of aryl methyl sites for hydroxylation is 1. The Morgan fingerprint density at radius 1 is 0.848 bits per heavy atom. The molecule has 3 aromatic carbocycles. The van der Waals surface area contributed by atoms with Crippen LogP contribution in [0.5, 0.6) is 0 Å². The van der Waals surface area contributed by atoms with E-state index in [1.165, 1.54) is 34.9 Å². The normalized spacial score (nSPS) is 11.5. The minimum absolute atomic E-state index is 0.0292. The minimum Gasteiger partial charge on any atom is -0.322 e. The van der Waals surface area contributed by atoms with E-state index in [2.05, 4.69) is 5.32 Å². The highest BCUT2D eigenvalue weighted by molar-refractivity contribution is 6.05. The first kappa shape index (κ1) is 22.3. The molecule has 1 aromatic heterocycles. The van der Waals surface area contributed by atoms with E-state index in [1.54, 1.807) is 56.3 Å². The summed E-state index contributed by atoms with van der Waals surface area (Å²) < 4.78 is 55.4. The van der Waals surface area contributed by atoms with Gasteiger partial charge in [0.1, 0.15) is 5.82 Å². The molecule has 168 valence electrons. The molecule has 0 bridgehead atoms. The molecular weight excluding hydrogens is 432 g/mol. The van der Waals surface area contributed by atoms with Gasteiger partial charge in [0.05, 0.1) is 16.8 Å². The van der Waals surface area contributed by atoms with Crippen LogP contribution in [0.15, 0.2) is 78.9 Å². The second-order valence-electron chi connectivity index (χ2n) is 7.68. The number of nitrogens with zero attached hydrogens (tertiary/aromatic N) is 1. The smallest absolute Gasteiger partial charge is 0.322 e. The van der Waals surface area contributed by atoms with Gasteiger partial charge in [-0.3, -0.25) is 4.79 Å². The van der Waals surface area contributed by atoms with Crippen molar-refractivity contribution in [3.05, 3.63) is 107 Å². The average molecular weight is 452 g/mol. The lowest BCUT2D eigenvalue weighted by Crippen LogP contribution is -2.14. The van der Waals surface area contributed by atoms with E-state index in [4.69, 9.17) is 0 Å². The number of carbonyl (C=O) groups excluding carboxylic acids is 1. The molecular formula is C26H20F4N2O. The monoisotopic (exact) mass is 452 g/mol. The summed E-state index contributed by atoms with van der Waals surface area (Å²) in [5.41, 5.74) is 2.40. The third-order valence-corrected chi connectivity index (χ3v) is 5.43. The van der Waals surface area contributed by atoms with Gasteiger partial charge in [-0.1, -0.05) is 36.4 Å². The van der Waals surface area contributed by atoms with E-state index in [1.807, 2.05) is 0 Å². The zero-order chi connectivity index (χ0) is 23.8. The number of amides is 1. The van der Waals surface area contributed by atoms with Crippen LogP contribution >= 0.6 is 0 Å². The zero-order valence-electron chi connectivity index (χ0n) is 17.9. The minimum atomic E-state index is -4.52. The standard InChI is InChI=1S/C26H20F4N2O/c1-16-14-22(17(2)32(16)24-9-4-3-8-23(24)26(28,29)30)25(33)31-21-12-10-18(11-13-21)19-6-5-7-20(27)15-19/h3-15H,1-2H3,(H,31,33). The first-order chi connectivity index (χ1) is 15.6. The number of hydrogen-bond donors (Lipinski definition) is 1. The zero-order valence-corrected chi connectivity index (χ0v) is 17.9. The number of aromatic nitrogens is 1. The summed E-state index contributed by atoms with van der Waals surface area (Å²) in [6.45, 7) is 3.27. The van der Waals surface area contributed by atoms with Crippen molar-refractivity contribution in [2.24, 2.45) is 0 Å². The number of nitrogens with one attached hydrogen (secondary N) is 1. The molecule has 1 N–H and O–H groups in total. The predicted octanol–water partition coefficient (Wildman–Crippen LogP) is 7.17. The van der Waals surface area contributed by atoms with Crippen molar-refractivity contribution in [1.29, 1.82) is 0 Å². The third kappa shape index (κ3) is 4.53. The predicted molar refractivity (Wildman–Crippen MR) is 120 cm³/mol. The van der Waals surface area contributed by atoms with Crippen molar-refractivity contribution in [1.82, 2.24) is 4.57 Å². The Balaban J connectivity index is 1.61. The van der Waals surface area contributed by atoms with Crippen molar-refractivity contribution in [3.63, 3.8) is 0 Å². The fourth-order valence-corrected chi connectivity index (χ4v) is 3.88. The van der Waals surface area contributed by atoms with Crippen molar-refractivity contribution >= 4 is 11.6 Å². The Morgan fingerprint density at radius 3 is 2.21 bits per heavy atom. The SMILES string of the molecule is Cc1cc(C(=O)Nc2ccc(-c3cccc(F)c3)cc2)c(C)n1-c1ccccc1C(F)(F)F. The Kier molecular flexibility index (Phi) is 5.80. The van der Waals surface area contributed by atoms with Gasteiger partial charge in [0.15, 0.2) is 0 Å². The highest BCUT2D eigenvalue weighted by atomic mass is 19.4. The fourth-order valence-electron chi connectivity index (χ4n) is 3.88. The van der Waals surface area contributed by atoms with E-state index < -0.39 is 17.6 Å². The summed E-state index contributed by atoms with van der Waals surface area (Å²) >= 11 is 0. The number of rotatable bonds is 4. The van der Waals surface area contributed by atoms with Gasteiger partial charge >= 0.3 is 6.18 Å². The van der Waals surface area contributed by atoms with Gasteiger partial charge in [-0.15, -0.1) is 0 Å². The van der Waals surface area contributed by atoms with Gasteiger partial charge < -0.3 is 9.88 Å². The van der Waals surface area contributed by atoms with Crippen LogP contribution in [0.1, 0.15) is 27.3 Å². The number of alkyl halides is 3. The Morgan fingerprint density at radius 2 is 1.55 bits per heavy atom. The van der Waals surface area contributed by atoms with Crippen molar-refractivity contribution < 1.29 is 22.4 Å². The third-order valence-electron chi connectivity index (χ3n) is 5.43. The van der Waals surface area contributed by atoms with E-state index in [-0.39, 0.29) is 17.1 Å². The summed E-state index contributed by atoms with van der Waals surface area (Å²) in [5.74, 6) is -0.773. The van der Waals surface area contributed by atoms with Crippen LogP contribution in [0.2, 0.25) is 0 Å². The summed E-state index contributed by atoms with van der Waals surface area (Å²) in [6, 6.07) is 19.9. The summed E-state index contributed by atoms with van der Waals surface area (Å²) in [5, 5.41) is 2.78. The number of hydrogen-bond acceptors (Lipinski definition) is 1. The first-order valence-electron chi connectivity index (χ1n) is 10.2. The Bertz CT molecular complexity index is 1320. The molecule has 0 unspecified atom stereocenters. The quantitative estimate of drug-likeness (QED) is 0.327. The molecule has 4 rings (SSSR count). The number of anilines is 1. The lowest BCUT2D eigenvalue weighted by molar-refractivity contribution is -0.137. The second-order valence-corrected chi connectivity index (χ2v) is 7.68. The maximum absolute atomic E-state index is 13.5. The largest absolute Gasteiger partial charge is 0.418 e. The second kappa shape index (κ2) is 8.58. The molecule has 7 heteroatoms. The highest BCUT2D eigenvalue weighted by Gasteiger charge is 2.34. The molecule has 0 aliphatic heterocycles. The van der Waals surface area contributed by atoms with Crippen molar-refractivity contribution in [2.75, 3.05) is 5.32 Å². The number of carbonyl (C=O) groups is 1. The average Bonchev–Trinajstić information content (AvgIpc) is 3.07. The molecule has 0 aliphatic rings. The highest BCUT2D eigenvalue weighted by Crippen LogP contribution is 2.35. The lowest BCUT2D eigenvalue weighted by atomic mass is 10.1. The molecule has 0 fully saturated rings. The summed E-state index contributed by atoms with van der Waals surface area (Å²) in [4.78, 5) is 12.9. The number of benzene rings is 3. The molecule has 0 radical (unpaired) electrons. The molecule has 0 atom stereocenters. The molecule has 4 aromatic rings. The van der Waals surface area contributed by atoms with E-state index >= 15 is 0 Å². The van der Waals surface area contributed by atoms with Crippen LogP contribution in [0.3, 0.4) is 0 Å². The molecule has 0 saturated carbocycles. The first-order valence-corrected chi connectivity index (χ1v) is 10.2. The van der Waals surface area contributed by atoms with Gasteiger partial charge in [-0.25, -0.2) is 4.39 Å². The van der Waals surface area contributed by atoms with Crippen LogP contribution in [-0.4, -0.2) is 10.5 Å². The van der Waals surface area contributed by atoms with E-state index in [9.17, 15) is 22.4 Å². The maximum Gasteiger partial charge on any atom is 0.418 e. The topological polar surface area (TPSA) is 34.0 Å². The molecule has 33 heavy (non-hydrogen) atoms. The molecule has 1 amide bonds. The van der Waals surface area contributed by atoms with Gasteiger partial charge in [0, 0.05) is 17.1 Å². The molecule has 0 spiro atoms. The summed E-state index contributed by atoms with van der Waals surface area (Å²) in [6.07, 6.45) is -4.52. The Labute approximate surface area is 188 Å². The van der Waals surface area contributed by atoms with Gasteiger partial charge in [-0.2, -0.15) is 13.2 Å². The van der Waals surface area contributed by atoms with E-state index in [0.717, 1.165) is 11.6 Å². The Hall–Kier alpha value is -3.87. The molecule has 0 saturated heterocycles.